The lowest BCUT2D eigenvalue weighted by molar-refractivity contribution is -0.384. The van der Waals surface area contributed by atoms with Gasteiger partial charge < -0.3 is 10.1 Å². The highest BCUT2D eigenvalue weighted by Gasteiger charge is 2.36. The molecule has 1 atom stereocenters. The fourth-order valence-corrected chi connectivity index (χ4v) is 4.23. The molecular formula is C18H17ClN4O4S. The molecule has 146 valence electrons. The summed E-state index contributed by atoms with van der Waals surface area (Å²) in [6.45, 7) is 3.63. The summed E-state index contributed by atoms with van der Waals surface area (Å²) in [5, 5.41) is 15.0. The minimum Gasteiger partial charge on any atom is -0.466 e. The van der Waals surface area contributed by atoms with Crippen LogP contribution >= 0.6 is 23.1 Å². The van der Waals surface area contributed by atoms with Crippen LogP contribution in [0.25, 0.3) is 5.57 Å². The maximum Gasteiger partial charge on any atom is 0.336 e. The zero-order valence-electron chi connectivity index (χ0n) is 15.4. The van der Waals surface area contributed by atoms with Gasteiger partial charge in [0.15, 0.2) is 5.82 Å². The fraction of sp³-hybridized carbons (Fsp3) is 0.278. The molecule has 2 heterocycles. The zero-order valence-corrected chi connectivity index (χ0v) is 16.9. The highest BCUT2D eigenvalue weighted by atomic mass is 35.5. The number of allylic oxidation sites excluding steroid dienone is 3. The van der Waals surface area contributed by atoms with Crippen molar-refractivity contribution in [2.45, 2.75) is 25.6 Å². The van der Waals surface area contributed by atoms with Gasteiger partial charge in [-0.1, -0.05) is 12.1 Å². The van der Waals surface area contributed by atoms with Crippen LogP contribution in [0.2, 0.25) is 0 Å². The lowest BCUT2D eigenvalue weighted by atomic mass is 9.80. The Bertz CT molecular complexity index is 1010. The third-order valence-corrected chi connectivity index (χ3v) is 5.42. The summed E-state index contributed by atoms with van der Waals surface area (Å²) in [6, 6.07) is 6.21. The van der Waals surface area contributed by atoms with E-state index in [-0.39, 0.29) is 11.6 Å². The Hall–Kier alpha value is -2.78. The van der Waals surface area contributed by atoms with Crippen LogP contribution in [-0.2, 0) is 15.4 Å². The number of carbonyl (C=O) groups excluding carboxylic acids is 1. The van der Waals surface area contributed by atoms with Crippen molar-refractivity contribution >= 4 is 40.4 Å². The molecule has 28 heavy (non-hydrogen) atoms. The molecule has 0 spiro atoms. The van der Waals surface area contributed by atoms with E-state index in [1.54, 1.807) is 19.1 Å². The number of nitro groups is 1. The number of ether oxygens (including phenoxy) is 1. The quantitative estimate of drug-likeness (QED) is 0.339. The Morgan fingerprint density at radius 2 is 2.14 bits per heavy atom. The minimum atomic E-state index is -0.593. The standard InChI is InChI=1S/C18H17ClN4O4S/c1-9-14(17-21-13(8-19)22-28-17)16(15(10(2)20-9)18(24)27-3)11-5-4-6-12(7-11)23(25)26/h4-7,16,20H,8H2,1-3H3. The van der Waals surface area contributed by atoms with Crippen molar-refractivity contribution in [3.05, 3.63) is 67.7 Å². The first kappa shape index (κ1) is 20.0. The van der Waals surface area contributed by atoms with Gasteiger partial charge in [-0.3, -0.25) is 10.1 Å². The third-order valence-electron chi connectivity index (χ3n) is 4.40. The van der Waals surface area contributed by atoms with Gasteiger partial charge in [-0.2, -0.15) is 4.37 Å². The van der Waals surface area contributed by atoms with E-state index in [1.165, 1.54) is 19.2 Å². The maximum atomic E-state index is 12.6. The first-order chi connectivity index (χ1) is 13.4. The predicted molar refractivity (Wildman–Crippen MR) is 106 cm³/mol. The summed E-state index contributed by atoms with van der Waals surface area (Å²) in [7, 11) is 1.30. The van der Waals surface area contributed by atoms with Crippen LogP contribution in [0.4, 0.5) is 5.69 Å². The molecule has 0 saturated heterocycles. The Balaban J connectivity index is 2.24. The molecule has 1 unspecified atom stereocenters. The van der Waals surface area contributed by atoms with Crippen molar-refractivity contribution < 1.29 is 14.5 Å². The smallest absolute Gasteiger partial charge is 0.336 e. The van der Waals surface area contributed by atoms with Crippen molar-refractivity contribution in [3.63, 3.8) is 0 Å². The van der Waals surface area contributed by atoms with Crippen LogP contribution in [-0.4, -0.2) is 27.4 Å². The normalized spacial score (nSPS) is 16.8. The number of nitro benzene ring substituents is 1. The average Bonchev–Trinajstić information content (AvgIpc) is 3.15. The topological polar surface area (TPSA) is 107 Å². The molecule has 1 aliphatic rings. The molecular weight excluding hydrogens is 404 g/mol. The number of nitrogens with zero attached hydrogens (tertiary/aromatic N) is 3. The second kappa shape index (κ2) is 8.07. The number of dihydropyridines is 1. The Morgan fingerprint density at radius 3 is 2.75 bits per heavy atom. The van der Waals surface area contributed by atoms with Gasteiger partial charge in [0.1, 0.15) is 5.01 Å². The van der Waals surface area contributed by atoms with Crippen LogP contribution < -0.4 is 5.32 Å². The molecule has 0 fully saturated rings. The van der Waals surface area contributed by atoms with Crippen molar-refractivity contribution in [3.8, 4) is 0 Å². The summed E-state index contributed by atoms with van der Waals surface area (Å²) in [5.74, 6) is -0.472. The first-order valence-corrected chi connectivity index (χ1v) is 9.58. The van der Waals surface area contributed by atoms with Gasteiger partial charge in [0.25, 0.3) is 5.69 Å². The summed E-state index contributed by atoms with van der Waals surface area (Å²) in [4.78, 5) is 27.9. The van der Waals surface area contributed by atoms with Gasteiger partial charge in [0.2, 0.25) is 0 Å². The molecule has 1 aromatic heterocycles. The van der Waals surface area contributed by atoms with Gasteiger partial charge in [-0.05, 0) is 30.9 Å². The molecule has 1 aromatic carbocycles. The number of esters is 1. The van der Waals surface area contributed by atoms with E-state index in [1.807, 2.05) is 6.92 Å². The van der Waals surface area contributed by atoms with E-state index < -0.39 is 16.8 Å². The summed E-state index contributed by atoms with van der Waals surface area (Å²) in [5.41, 5.74) is 3.00. The van der Waals surface area contributed by atoms with Gasteiger partial charge in [-0.15, -0.1) is 11.6 Å². The monoisotopic (exact) mass is 420 g/mol. The van der Waals surface area contributed by atoms with Gasteiger partial charge in [0, 0.05) is 35.0 Å². The molecule has 3 rings (SSSR count). The fourth-order valence-electron chi connectivity index (χ4n) is 3.23. The zero-order chi connectivity index (χ0) is 20.4. The number of alkyl halides is 1. The molecule has 1 N–H and O–H groups in total. The molecule has 0 bridgehead atoms. The molecule has 1 aliphatic heterocycles. The molecule has 10 heteroatoms. The van der Waals surface area contributed by atoms with Crippen molar-refractivity contribution in [2.24, 2.45) is 0 Å². The second-order valence-corrected chi connectivity index (χ2v) is 7.15. The van der Waals surface area contributed by atoms with Crippen LogP contribution in [0.15, 0.2) is 41.2 Å². The number of hydrogen-bond donors (Lipinski definition) is 1. The average molecular weight is 421 g/mol. The van der Waals surface area contributed by atoms with Crippen LogP contribution in [0.5, 0.6) is 0 Å². The van der Waals surface area contributed by atoms with Crippen LogP contribution in [0.1, 0.15) is 36.2 Å². The van der Waals surface area contributed by atoms with Crippen LogP contribution in [0, 0.1) is 10.1 Å². The van der Waals surface area contributed by atoms with Crippen molar-refractivity contribution in [2.75, 3.05) is 7.11 Å². The Labute approximate surface area is 170 Å². The third kappa shape index (κ3) is 3.63. The van der Waals surface area contributed by atoms with E-state index in [9.17, 15) is 14.9 Å². The summed E-state index contributed by atoms with van der Waals surface area (Å²) >= 11 is 7.00. The van der Waals surface area contributed by atoms with Crippen molar-refractivity contribution in [1.82, 2.24) is 14.7 Å². The number of nitrogens with one attached hydrogen (secondary N) is 1. The highest BCUT2D eigenvalue weighted by Crippen LogP contribution is 2.44. The molecule has 0 amide bonds. The predicted octanol–water partition coefficient (Wildman–Crippen LogP) is 3.75. The van der Waals surface area contributed by atoms with Gasteiger partial charge in [-0.25, -0.2) is 9.78 Å². The first-order valence-electron chi connectivity index (χ1n) is 8.27. The number of hydrogen-bond acceptors (Lipinski definition) is 8. The minimum absolute atomic E-state index is 0.0615. The number of halogens is 1. The van der Waals surface area contributed by atoms with E-state index in [0.29, 0.717) is 33.2 Å². The van der Waals surface area contributed by atoms with E-state index >= 15 is 0 Å². The number of non-ortho nitro benzene ring substituents is 1. The second-order valence-electron chi connectivity index (χ2n) is 6.13. The number of methoxy groups -OCH3 is 1. The molecule has 0 radical (unpaired) electrons. The lowest BCUT2D eigenvalue weighted by Crippen LogP contribution is -2.28. The number of carbonyl (C=O) groups is 1. The van der Waals surface area contributed by atoms with E-state index in [0.717, 1.165) is 17.2 Å². The molecule has 2 aromatic rings. The highest BCUT2D eigenvalue weighted by molar-refractivity contribution is 7.06. The summed E-state index contributed by atoms with van der Waals surface area (Å²) in [6.07, 6.45) is 0. The van der Waals surface area contributed by atoms with Gasteiger partial charge in [0.05, 0.1) is 23.5 Å². The van der Waals surface area contributed by atoms with E-state index in [2.05, 4.69) is 14.7 Å². The lowest BCUT2D eigenvalue weighted by Gasteiger charge is -2.30. The van der Waals surface area contributed by atoms with Gasteiger partial charge >= 0.3 is 5.97 Å². The number of aromatic nitrogens is 2. The molecule has 0 aliphatic carbocycles. The number of benzene rings is 1. The molecule has 8 nitrogen and oxygen atoms in total. The molecule has 0 saturated carbocycles. The number of rotatable bonds is 5. The SMILES string of the molecule is COC(=O)C1=C(C)NC(C)=C(c2nc(CCl)ns2)C1c1cccc([N+](=O)[O-])c1. The largest absolute Gasteiger partial charge is 0.466 e. The summed E-state index contributed by atoms with van der Waals surface area (Å²) < 4.78 is 9.21. The van der Waals surface area contributed by atoms with E-state index in [4.69, 9.17) is 16.3 Å². The maximum absolute atomic E-state index is 12.6. The van der Waals surface area contributed by atoms with Crippen molar-refractivity contribution in [1.29, 1.82) is 0 Å². The Kier molecular flexibility index (Phi) is 5.76. The van der Waals surface area contributed by atoms with Crippen LogP contribution in [0.3, 0.4) is 0 Å². The Morgan fingerprint density at radius 1 is 1.39 bits per heavy atom.